The summed E-state index contributed by atoms with van der Waals surface area (Å²) >= 11 is 5.86. The van der Waals surface area contributed by atoms with E-state index in [1.165, 1.54) is 0 Å². The fourth-order valence-corrected chi connectivity index (χ4v) is 1.94. The molecule has 0 amide bonds. The second-order valence-electron chi connectivity index (χ2n) is 3.88. The molecule has 106 valence electrons. The van der Waals surface area contributed by atoms with Gasteiger partial charge in [-0.3, -0.25) is 0 Å². The first-order valence-corrected chi connectivity index (χ1v) is 6.25. The van der Waals surface area contributed by atoms with Gasteiger partial charge >= 0.3 is 0 Å². The predicted octanol–water partition coefficient (Wildman–Crippen LogP) is 3.50. The number of hydrogen-bond donors (Lipinski definition) is 1. The third-order valence-corrected chi connectivity index (χ3v) is 2.86. The van der Waals surface area contributed by atoms with Gasteiger partial charge in [-0.2, -0.15) is 0 Å². The quantitative estimate of drug-likeness (QED) is 0.855. The maximum Gasteiger partial charge on any atom is 0.203 e. The largest absolute Gasteiger partial charge is 0.493 e. The molecule has 0 aliphatic carbocycles. The number of hydrogen-bond acceptors (Lipinski definition) is 5. The zero-order chi connectivity index (χ0) is 14.5. The van der Waals surface area contributed by atoms with Crippen molar-refractivity contribution in [2.45, 2.75) is 0 Å². The van der Waals surface area contributed by atoms with Gasteiger partial charge in [-0.15, -0.1) is 0 Å². The first kappa shape index (κ1) is 14.3. The van der Waals surface area contributed by atoms with Crippen LogP contribution in [-0.4, -0.2) is 26.3 Å². The molecule has 1 aromatic heterocycles. The zero-order valence-corrected chi connectivity index (χ0v) is 12.2. The second kappa shape index (κ2) is 6.34. The Hall–Kier alpha value is -2.14. The summed E-state index contributed by atoms with van der Waals surface area (Å²) in [6, 6.07) is 8.93. The Morgan fingerprint density at radius 2 is 1.65 bits per heavy atom. The van der Waals surface area contributed by atoms with Gasteiger partial charge in [0, 0.05) is 17.8 Å². The van der Waals surface area contributed by atoms with Crippen molar-refractivity contribution in [2.24, 2.45) is 0 Å². The van der Waals surface area contributed by atoms with Crippen LogP contribution in [-0.2, 0) is 0 Å². The summed E-state index contributed by atoms with van der Waals surface area (Å²) < 4.78 is 15.8. The minimum Gasteiger partial charge on any atom is -0.493 e. The number of ether oxygens (including phenoxy) is 3. The first-order chi connectivity index (χ1) is 9.67. The lowest BCUT2D eigenvalue weighted by Crippen LogP contribution is -1.98. The van der Waals surface area contributed by atoms with Crippen LogP contribution in [0.15, 0.2) is 30.3 Å². The van der Waals surface area contributed by atoms with Crippen molar-refractivity contribution in [1.29, 1.82) is 0 Å². The number of pyridine rings is 1. The van der Waals surface area contributed by atoms with E-state index in [9.17, 15) is 0 Å². The first-order valence-electron chi connectivity index (χ1n) is 5.87. The molecule has 2 aromatic rings. The van der Waals surface area contributed by atoms with Crippen LogP contribution < -0.4 is 19.5 Å². The molecular formula is C14H15ClN2O3. The molecule has 0 unspecified atom stereocenters. The lowest BCUT2D eigenvalue weighted by molar-refractivity contribution is 0.324. The van der Waals surface area contributed by atoms with Crippen LogP contribution >= 0.6 is 11.6 Å². The average molecular weight is 295 g/mol. The van der Waals surface area contributed by atoms with E-state index in [-0.39, 0.29) is 0 Å². The summed E-state index contributed by atoms with van der Waals surface area (Å²) in [7, 11) is 4.70. The molecule has 0 aliphatic heterocycles. The number of halogens is 1. The van der Waals surface area contributed by atoms with E-state index < -0.39 is 0 Å². The molecule has 0 saturated carbocycles. The van der Waals surface area contributed by atoms with Gasteiger partial charge in [-0.05, 0) is 12.1 Å². The Morgan fingerprint density at radius 1 is 1.00 bits per heavy atom. The number of benzene rings is 1. The molecule has 1 heterocycles. The van der Waals surface area contributed by atoms with Crippen molar-refractivity contribution in [3.63, 3.8) is 0 Å². The van der Waals surface area contributed by atoms with E-state index in [0.29, 0.717) is 28.2 Å². The van der Waals surface area contributed by atoms with E-state index >= 15 is 0 Å². The van der Waals surface area contributed by atoms with Crippen LogP contribution in [0.1, 0.15) is 0 Å². The summed E-state index contributed by atoms with van der Waals surface area (Å²) in [6.45, 7) is 0. The summed E-state index contributed by atoms with van der Waals surface area (Å²) in [5, 5.41) is 3.55. The van der Waals surface area contributed by atoms with Crippen LogP contribution in [0.2, 0.25) is 5.15 Å². The molecule has 1 aromatic carbocycles. The fourth-order valence-electron chi connectivity index (χ4n) is 1.78. The zero-order valence-electron chi connectivity index (χ0n) is 11.4. The highest BCUT2D eigenvalue weighted by Crippen LogP contribution is 2.40. The van der Waals surface area contributed by atoms with Crippen molar-refractivity contribution in [2.75, 3.05) is 26.6 Å². The number of methoxy groups -OCH3 is 3. The second-order valence-corrected chi connectivity index (χ2v) is 4.27. The van der Waals surface area contributed by atoms with Crippen LogP contribution in [0, 0.1) is 0 Å². The summed E-state index contributed by atoms with van der Waals surface area (Å²) in [5.41, 5.74) is 0.759. The molecule has 0 aliphatic rings. The molecule has 0 saturated heterocycles. The highest BCUT2D eigenvalue weighted by Gasteiger charge is 2.13. The summed E-state index contributed by atoms with van der Waals surface area (Å²) in [6.07, 6.45) is 0. The van der Waals surface area contributed by atoms with Gasteiger partial charge in [-0.1, -0.05) is 17.7 Å². The van der Waals surface area contributed by atoms with Gasteiger partial charge in [-0.25, -0.2) is 4.98 Å². The van der Waals surface area contributed by atoms with E-state index in [2.05, 4.69) is 10.3 Å². The van der Waals surface area contributed by atoms with Gasteiger partial charge in [0.05, 0.1) is 21.3 Å². The monoisotopic (exact) mass is 294 g/mol. The average Bonchev–Trinajstić information content (AvgIpc) is 2.46. The number of nitrogens with zero attached hydrogens (tertiary/aromatic N) is 1. The normalized spacial score (nSPS) is 10.0. The molecule has 1 N–H and O–H groups in total. The van der Waals surface area contributed by atoms with E-state index in [4.69, 9.17) is 25.8 Å². The highest BCUT2D eigenvalue weighted by molar-refractivity contribution is 6.29. The number of aromatic nitrogens is 1. The molecule has 0 bridgehead atoms. The Kier molecular flexibility index (Phi) is 4.53. The number of nitrogens with one attached hydrogen (secondary N) is 1. The minimum absolute atomic E-state index is 0.419. The van der Waals surface area contributed by atoms with Crippen LogP contribution in [0.3, 0.4) is 0 Å². The van der Waals surface area contributed by atoms with E-state index in [1.807, 2.05) is 12.1 Å². The molecule has 0 spiro atoms. The maximum atomic E-state index is 5.86. The maximum absolute atomic E-state index is 5.86. The van der Waals surface area contributed by atoms with Crippen LogP contribution in [0.4, 0.5) is 11.5 Å². The van der Waals surface area contributed by atoms with Gasteiger partial charge in [0.25, 0.3) is 0 Å². The Morgan fingerprint density at radius 3 is 2.15 bits per heavy atom. The van der Waals surface area contributed by atoms with Crippen LogP contribution in [0.25, 0.3) is 0 Å². The van der Waals surface area contributed by atoms with Crippen molar-refractivity contribution < 1.29 is 14.2 Å². The van der Waals surface area contributed by atoms with Crippen molar-refractivity contribution in [3.05, 3.63) is 35.5 Å². The SMILES string of the molecule is COc1cc(Nc2cccc(Cl)n2)cc(OC)c1OC. The molecule has 0 atom stereocenters. The third-order valence-electron chi connectivity index (χ3n) is 2.65. The number of rotatable bonds is 5. The van der Waals surface area contributed by atoms with Crippen molar-refractivity contribution in [3.8, 4) is 17.2 Å². The highest BCUT2D eigenvalue weighted by atomic mass is 35.5. The van der Waals surface area contributed by atoms with Gasteiger partial charge in [0.2, 0.25) is 5.75 Å². The molecule has 5 nitrogen and oxygen atoms in total. The molecular weight excluding hydrogens is 280 g/mol. The van der Waals surface area contributed by atoms with Gasteiger partial charge in [0.15, 0.2) is 11.5 Å². The topological polar surface area (TPSA) is 52.6 Å². The third kappa shape index (κ3) is 3.05. The minimum atomic E-state index is 0.419. The Bertz CT molecular complexity index is 580. The van der Waals surface area contributed by atoms with Crippen LogP contribution in [0.5, 0.6) is 17.2 Å². The standard InChI is InChI=1S/C14H15ClN2O3/c1-18-10-7-9(8-11(19-2)14(10)20-3)16-13-6-4-5-12(15)17-13/h4-8H,1-3H3,(H,16,17). The summed E-state index contributed by atoms with van der Waals surface area (Å²) in [4.78, 5) is 4.16. The van der Waals surface area contributed by atoms with Crippen molar-refractivity contribution in [1.82, 2.24) is 4.98 Å². The lowest BCUT2D eigenvalue weighted by atomic mass is 10.2. The molecule has 6 heteroatoms. The molecule has 2 rings (SSSR count). The predicted molar refractivity (Wildman–Crippen MR) is 78.6 cm³/mol. The van der Waals surface area contributed by atoms with Gasteiger partial charge < -0.3 is 19.5 Å². The van der Waals surface area contributed by atoms with E-state index in [1.54, 1.807) is 39.5 Å². The van der Waals surface area contributed by atoms with Gasteiger partial charge in [0.1, 0.15) is 11.0 Å². The molecule has 0 radical (unpaired) electrons. The fraction of sp³-hybridized carbons (Fsp3) is 0.214. The van der Waals surface area contributed by atoms with Crippen molar-refractivity contribution >= 4 is 23.1 Å². The summed E-state index contributed by atoms with van der Waals surface area (Å²) in [5.74, 6) is 2.30. The Labute approximate surface area is 122 Å². The Balaban J connectivity index is 2.37. The number of anilines is 2. The van der Waals surface area contributed by atoms with E-state index in [0.717, 1.165) is 5.69 Å². The lowest BCUT2D eigenvalue weighted by Gasteiger charge is -2.14. The smallest absolute Gasteiger partial charge is 0.203 e. The molecule has 0 fully saturated rings. The molecule has 20 heavy (non-hydrogen) atoms.